The molecule has 0 fully saturated rings. The third-order valence-corrected chi connectivity index (χ3v) is 2.57. The van der Waals surface area contributed by atoms with Gasteiger partial charge in [-0.15, -0.1) is 0 Å². The fourth-order valence-corrected chi connectivity index (χ4v) is 1.77. The Bertz CT molecular complexity index is 426. The van der Waals surface area contributed by atoms with Gasteiger partial charge < -0.3 is 5.32 Å². The highest BCUT2D eigenvalue weighted by molar-refractivity contribution is 5.71. The molecule has 0 bridgehead atoms. The lowest BCUT2D eigenvalue weighted by molar-refractivity contribution is -0.427. The van der Waals surface area contributed by atoms with Crippen LogP contribution < -0.4 is 5.32 Å². The van der Waals surface area contributed by atoms with Crippen molar-refractivity contribution in [3.05, 3.63) is 45.6 Å². The number of rotatable bonds is 2. The first-order chi connectivity index (χ1) is 7.22. The van der Waals surface area contributed by atoms with Gasteiger partial charge in [-0.2, -0.15) is 0 Å². The Morgan fingerprint density at radius 2 is 2.20 bits per heavy atom. The van der Waals surface area contributed by atoms with Gasteiger partial charge >= 0.3 is 0 Å². The fraction of sp³-hybridized carbons (Fsp3) is 0.273. The van der Waals surface area contributed by atoms with Crippen molar-refractivity contribution in [3.8, 4) is 0 Å². The van der Waals surface area contributed by atoms with Crippen molar-refractivity contribution in [2.24, 2.45) is 0 Å². The van der Waals surface area contributed by atoms with Gasteiger partial charge in [0.2, 0.25) is 0 Å². The van der Waals surface area contributed by atoms with Gasteiger partial charge in [-0.25, -0.2) is 0 Å². The number of nitrogens with one attached hydrogen (secondary N) is 1. The minimum Gasteiger partial charge on any atom is -0.372 e. The predicted octanol–water partition coefficient (Wildman–Crippen LogP) is 2.51. The van der Waals surface area contributed by atoms with Crippen molar-refractivity contribution >= 4 is 11.8 Å². The molecule has 1 aliphatic rings. The zero-order valence-corrected chi connectivity index (χ0v) is 8.43. The lowest BCUT2D eigenvalue weighted by atomic mass is 10.0. The lowest BCUT2D eigenvalue weighted by Gasteiger charge is -2.21. The molecule has 0 unspecified atom stereocenters. The second-order valence-corrected chi connectivity index (χ2v) is 3.52. The van der Waals surface area contributed by atoms with Crippen LogP contribution >= 0.6 is 0 Å². The van der Waals surface area contributed by atoms with Crippen LogP contribution in [0.15, 0.2) is 30.0 Å². The number of benzene rings is 1. The molecule has 78 valence electrons. The summed E-state index contributed by atoms with van der Waals surface area (Å²) >= 11 is 0. The van der Waals surface area contributed by atoms with E-state index in [9.17, 15) is 10.1 Å². The largest absolute Gasteiger partial charge is 0.372 e. The summed E-state index contributed by atoms with van der Waals surface area (Å²) in [5.41, 5.74) is 2.10. The number of para-hydroxylation sites is 1. The molecule has 0 saturated carbocycles. The number of fused-ring (bicyclic) bond motifs is 1. The Labute approximate surface area is 87.8 Å². The van der Waals surface area contributed by atoms with E-state index in [4.69, 9.17) is 0 Å². The van der Waals surface area contributed by atoms with Crippen LogP contribution in [0.2, 0.25) is 0 Å². The minimum absolute atomic E-state index is 0.185. The maximum absolute atomic E-state index is 10.8. The van der Waals surface area contributed by atoms with E-state index < -0.39 is 0 Å². The first kappa shape index (κ1) is 9.71. The van der Waals surface area contributed by atoms with E-state index >= 15 is 0 Å². The molecule has 0 saturated heterocycles. The van der Waals surface area contributed by atoms with E-state index in [0.717, 1.165) is 11.3 Å². The second-order valence-electron chi connectivity index (χ2n) is 3.52. The van der Waals surface area contributed by atoms with Crippen molar-refractivity contribution in [1.29, 1.82) is 0 Å². The average Bonchev–Trinajstić information content (AvgIpc) is 2.27. The normalized spacial score (nSPS) is 18.7. The molecule has 0 amide bonds. The van der Waals surface area contributed by atoms with E-state index in [1.807, 2.05) is 31.2 Å². The van der Waals surface area contributed by atoms with Gasteiger partial charge in [-0.1, -0.05) is 25.1 Å². The number of hydrogen-bond acceptors (Lipinski definition) is 3. The first-order valence-electron chi connectivity index (χ1n) is 4.94. The summed E-state index contributed by atoms with van der Waals surface area (Å²) < 4.78 is 0. The molecule has 1 atom stereocenters. The van der Waals surface area contributed by atoms with Crippen molar-refractivity contribution in [3.63, 3.8) is 0 Å². The van der Waals surface area contributed by atoms with E-state index in [1.165, 1.54) is 0 Å². The van der Waals surface area contributed by atoms with Crippen molar-refractivity contribution in [1.82, 2.24) is 0 Å². The topological polar surface area (TPSA) is 55.2 Å². The lowest BCUT2D eigenvalue weighted by Crippen LogP contribution is -2.28. The van der Waals surface area contributed by atoms with Gasteiger partial charge in [0, 0.05) is 17.3 Å². The zero-order chi connectivity index (χ0) is 10.8. The Morgan fingerprint density at radius 3 is 2.87 bits per heavy atom. The van der Waals surface area contributed by atoms with Crippen LogP contribution in [0.25, 0.3) is 6.08 Å². The fourth-order valence-electron chi connectivity index (χ4n) is 1.77. The molecule has 0 radical (unpaired) electrons. The molecule has 0 aliphatic carbocycles. The Kier molecular flexibility index (Phi) is 2.41. The van der Waals surface area contributed by atoms with Crippen LogP contribution in [0.4, 0.5) is 5.69 Å². The molecule has 1 N–H and O–H groups in total. The molecule has 1 aromatic carbocycles. The molecule has 4 nitrogen and oxygen atoms in total. The molecular formula is C11H12N2O2. The van der Waals surface area contributed by atoms with E-state index in [0.29, 0.717) is 6.42 Å². The molecule has 1 aromatic rings. The standard InChI is InChI=1S/C11H12N2O2/c1-2-9-11(13(14)15)7-8-5-3-4-6-10(8)12-9/h3-7,9,12H,2H2,1H3/t9-/m0/s1. The summed E-state index contributed by atoms with van der Waals surface area (Å²) in [6.45, 7) is 1.93. The van der Waals surface area contributed by atoms with Crippen LogP contribution in [-0.2, 0) is 0 Å². The highest BCUT2D eigenvalue weighted by Gasteiger charge is 2.27. The Hall–Kier alpha value is -1.84. The average molecular weight is 204 g/mol. The van der Waals surface area contributed by atoms with E-state index in [2.05, 4.69) is 5.32 Å². The highest BCUT2D eigenvalue weighted by atomic mass is 16.6. The van der Waals surface area contributed by atoms with Crippen molar-refractivity contribution < 1.29 is 4.92 Å². The smallest absolute Gasteiger partial charge is 0.268 e. The Morgan fingerprint density at radius 1 is 1.47 bits per heavy atom. The second kappa shape index (κ2) is 3.73. The van der Waals surface area contributed by atoms with Gasteiger partial charge in [0.25, 0.3) is 5.70 Å². The molecule has 15 heavy (non-hydrogen) atoms. The minimum atomic E-state index is -0.308. The first-order valence-corrected chi connectivity index (χ1v) is 4.94. The summed E-state index contributed by atoms with van der Waals surface area (Å²) in [4.78, 5) is 10.5. The molecular weight excluding hydrogens is 192 g/mol. The third-order valence-electron chi connectivity index (χ3n) is 2.57. The zero-order valence-electron chi connectivity index (χ0n) is 8.43. The maximum Gasteiger partial charge on any atom is 0.268 e. The summed E-state index contributed by atoms with van der Waals surface area (Å²) in [6.07, 6.45) is 2.36. The molecule has 1 aliphatic heterocycles. The number of anilines is 1. The molecule has 4 heteroatoms. The quantitative estimate of drug-likeness (QED) is 0.594. The highest BCUT2D eigenvalue weighted by Crippen LogP contribution is 2.28. The number of nitrogens with zero attached hydrogens (tertiary/aromatic N) is 1. The summed E-state index contributed by atoms with van der Waals surface area (Å²) in [5.74, 6) is 0. The predicted molar refractivity (Wildman–Crippen MR) is 59.1 cm³/mol. The van der Waals surface area contributed by atoms with Crippen molar-refractivity contribution in [2.75, 3.05) is 5.32 Å². The van der Waals surface area contributed by atoms with E-state index in [1.54, 1.807) is 6.08 Å². The molecule has 2 rings (SSSR count). The van der Waals surface area contributed by atoms with Crippen molar-refractivity contribution in [2.45, 2.75) is 19.4 Å². The number of nitro groups is 1. The SMILES string of the molecule is CC[C@@H]1Nc2ccccc2C=C1[N+](=O)[O-]. The van der Waals surface area contributed by atoms with Gasteiger partial charge in [0.1, 0.15) is 6.04 Å². The van der Waals surface area contributed by atoms with Crippen LogP contribution in [0.1, 0.15) is 18.9 Å². The third kappa shape index (κ3) is 1.70. The molecule has 1 heterocycles. The summed E-state index contributed by atoms with van der Waals surface area (Å²) in [5, 5.41) is 14.0. The van der Waals surface area contributed by atoms with Crippen LogP contribution in [0.3, 0.4) is 0 Å². The van der Waals surface area contributed by atoms with Crippen LogP contribution in [-0.4, -0.2) is 11.0 Å². The van der Waals surface area contributed by atoms with Gasteiger partial charge in [0.15, 0.2) is 0 Å². The molecule has 0 spiro atoms. The van der Waals surface area contributed by atoms with Crippen LogP contribution in [0, 0.1) is 10.1 Å². The monoisotopic (exact) mass is 204 g/mol. The van der Waals surface area contributed by atoms with Gasteiger partial charge in [-0.05, 0) is 12.5 Å². The molecule has 0 aromatic heterocycles. The summed E-state index contributed by atoms with van der Waals surface area (Å²) in [7, 11) is 0. The number of hydrogen-bond donors (Lipinski definition) is 1. The van der Waals surface area contributed by atoms with Crippen LogP contribution in [0.5, 0.6) is 0 Å². The van der Waals surface area contributed by atoms with Gasteiger partial charge in [-0.3, -0.25) is 10.1 Å². The van der Waals surface area contributed by atoms with Gasteiger partial charge in [0.05, 0.1) is 4.92 Å². The van der Waals surface area contributed by atoms with E-state index in [-0.39, 0.29) is 16.7 Å². The summed E-state index contributed by atoms with van der Waals surface area (Å²) in [6, 6.07) is 7.42. The Balaban J connectivity index is 2.46. The maximum atomic E-state index is 10.8.